The number of carbonyl (C=O) groups is 1. The van der Waals surface area contributed by atoms with Gasteiger partial charge in [-0.15, -0.1) is 4.40 Å². The molecule has 0 unspecified atom stereocenters. The van der Waals surface area contributed by atoms with Gasteiger partial charge in [0.2, 0.25) is 0 Å². The number of nitrogens with one attached hydrogen (secondary N) is 2. The molecule has 1 aromatic heterocycles. The van der Waals surface area contributed by atoms with Gasteiger partial charge in [-0.2, -0.15) is 13.5 Å². The van der Waals surface area contributed by atoms with E-state index in [4.69, 9.17) is 0 Å². The number of nitrogens with zero attached hydrogens (tertiary/aromatic N) is 3. The predicted molar refractivity (Wildman–Crippen MR) is 101 cm³/mol. The van der Waals surface area contributed by atoms with E-state index in [9.17, 15) is 13.2 Å². The van der Waals surface area contributed by atoms with Gasteiger partial charge >= 0.3 is 0 Å². The molecule has 0 saturated carbocycles. The lowest BCUT2D eigenvalue weighted by Gasteiger charge is -2.07. The van der Waals surface area contributed by atoms with Crippen LogP contribution in [-0.2, 0) is 17.1 Å². The molecule has 0 radical (unpaired) electrons. The van der Waals surface area contributed by atoms with Crippen molar-refractivity contribution in [2.45, 2.75) is 4.90 Å². The first-order valence-corrected chi connectivity index (χ1v) is 9.49. The zero-order chi connectivity index (χ0) is 19.0. The van der Waals surface area contributed by atoms with Crippen LogP contribution in [0.5, 0.6) is 0 Å². The van der Waals surface area contributed by atoms with Crippen molar-refractivity contribution in [3.63, 3.8) is 0 Å². The molecular formula is C18H15N5O3S. The average molecular weight is 381 g/mol. The summed E-state index contributed by atoms with van der Waals surface area (Å²) >= 11 is 0. The average Bonchev–Trinajstić information content (AvgIpc) is 3.16. The van der Waals surface area contributed by atoms with Crippen LogP contribution in [0.1, 0.15) is 15.9 Å². The summed E-state index contributed by atoms with van der Waals surface area (Å²) in [7, 11) is -1.91. The minimum absolute atomic E-state index is 0.179. The Labute approximate surface area is 155 Å². The first kappa shape index (κ1) is 17.0. The van der Waals surface area contributed by atoms with E-state index in [1.807, 2.05) is 0 Å². The molecule has 27 heavy (non-hydrogen) atoms. The van der Waals surface area contributed by atoms with Crippen LogP contribution in [0, 0.1) is 0 Å². The number of benzene rings is 2. The van der Waals surface area contributed by atoms with Gasteiger partial charge in [0.1, 0.15) is 4.90 Å². The van der Waals surface area contributed by atoms with Crippen LogP contribution < -0.4 is 10.6 Å². The highest BCUT2D eigenvalue weighted by molar-refractivity contribution is 7.90. The number of amidine groups is 1. The maximum atomic E-state index is 12.2. The van der Waals surface area contributed by atoms with Gasteiger partial charge in [0.05, 0.1) is 0 Å². The minimum atomic E-state index is -3.68. The Bertz CT molecular complexity index is 1160. The molecule has 0 aliphatic carbocycles. The van der Waals surface area contributed by atoms with Crippen LogP contribution >= 0.6 is 0 Å². The predicted octanol–water partition coefficient (Wildman–Crippen LogP) is 2.23. The molecule has 136 valence electrons. The summed E-state index contributed by atoms with van der Waals surface area (Å²) in [4.78, 5) is 12.4. The van der Waals surface area contributed by atoms with E-state index in [1.54, 1.807) is 66.5 Å². The monoisotopic (exact) mass is 381 g/mol. The number of aryl methyl sites for hydroxylation is 1. The van der Waals surface area contributed by atoms with Crippen molar-refractivity contribution in [1.29, 1.82) is 0 Å². The van der Waals surface area contributed by atoms with Gasteiger partial charge in [-0.1, -0.05) is 12.1 Å². The van der Waals surface area contributed by atoms with Crippen molar-refractivity contribution in [1.82, 2.24) is 9.78 Å². The SMILES string of the molecule is Cn1ccc(NC(=O)c2ccc(NC3=NS(=O)(=O)c4ccccc43)cc2)n1. The summed E-state index contributed by atoms with van der Waals surface area (Å²) < 4.78 is 29.5. The molecule has 2 N–H and O–H groups in total. The van der Waals surface area contributed by atoms with Gasteiger partial charge in [-0.3, -0.25) is 9.48 Å². The van der Waals surface area contributed by atoms with Gasteiger partial charge in [0.15, 0.2) is 11.7 Å². The Balaban J connectivity index is 1.51. The third-order valence-corrected chi connectivity index (χ3v) is 5.33. The summed E-state index contributed by atoms with van der Waals surface area (Å²) in [5.74, 6) is 0.439. The molecule has 3 aromatic rings. The van der Waals surface area contributed by atoms with E-state index in [-0.39, 0.29) is 16.6 Å². The molecule has 9 heteroatoms. The molecule has 8 nitrogen and oxygen atoms in total. The molecular weight excluding hydrogens is 366 g/mol. The molecule has 0 spiro atoms. The largest absolute Gasteiger partial charge is 0.339 e. The lowest BCUT2D eigenvalue weighted by molar-refractivity contribution is 0.102. The molecule has 4 rings (SSSR count). The van der Waals surface area contributed by atoms with Gasteiger partial charge < -0.3 is 10.6 Å². The standard InChI is InChI=1S/C18H15N5O3S/c1-23-11-10-16(21-23)20-18(24)12-6-8-13(9-7-12)19-17-14-4-2-3-5-15(14)27(25,26)22-17/h2-11H,1H3,(H,19,22)(H,20,21,24). The second kappa shape index (κ2) is 6.36. The quantitative estimate of drug-likeness (QED) is 0.724. The molecule has 1 amide bonds. The molecule has 2 aromatic carbocycles. The topological polar surface area (TPSA) is 105 Å². The highest BCUT2D eigenvalue weighted by Crippen LogP contribution is 2.26. The number of hydrogen-bond donors (Lipinski definition) is 2. The Morgan fingerprint density at radius 1 is 1.04 bits per heavy atom. The zero-order valence-corrected chi connectivity index (χ0v) is 15.1. The van der Waals surface area contributed by atoms with E-state index in [2.05, 4.69) is 20.1 Å². The van der Waals surface area contributed by atoms with E-state index >= 15 is 0 Å². The summed E-state index contributed by atoms with van der Waals surface area (Å²) in [6.45, 7) is 0. The fourth-order valence-electron chi connectivity index (χ4n) is 2.71. The third kappa shape index (κ3) is 3.32. The first-order chi connectivity index (χ1) is 12.9. The second-order valence-electron chi connectivity index (χ2n) is 5.94. The lowest BCUT2D eigenvalue weighted by Crippen LogP contribution is -2.14. The van der Waals surface area contributed by atoms with Crippen molar-refractivity contribution < 1.29 is 13.2 Å². The highest BCUT2D eigenvalue weighted by Gasteiger charge is 2.28. The number of amides is 1. The molecule has 0 bridgehead atoms. The van der Waals surface area contributed by atoms with Crippen LogP contribution in [0.4, 0.5) is 11.5 Å². The van der Waals surface area contributed by atoms with Crippen molar-refractivity contribution in [3.05, 3.63) is 71.9 Å². The number of fused-ring (bicyclic) bond motifs is 1. The Morgan fingerprint density at radius 2 is 1.78 bits per heavy atom. The second-order valence-corrected chi connectivity index (χ2v) is 7.51. The fourth-order valence-corrected chi connectivity index (χ4v) is 3.88. The third-order valence-electron chi connectivity index (χ3n) is 4.00. The normalized spacial score (nSPS) is 14.3. The van der Waals surface area contributed by atoms with E-state index < -0.39 is 10.0 Å². The van der Waals surface area contributed by atoms with Crippen LogP contribution in [0.2, 0.25) is 0 Å². The maximum absolute atomic E-state index is 12.2. The van der Waals surface area contributed by atoms with Crippen LogP contribution in [0.25, 0.3) is 0 Å². The first-order valence-electron chi connectivity index (χ1n) is 8.05. The van der Waals surface area contributed by atoms with Gasteiger partial charge in [0.25, 0.3) is 15.9 Å². The van der Waals surface area contributed by atoms with Crippen molar-refractivity contribution in [2.75, 3.05) is 10.6 Å². The van der Waals surface area contributed by atoms with Crippen molar-refractivity contribution >= 4 is 33.3 Å². The van der Waals surface area contributed by atoms with E-state index in [1.165, 1.54) is 6.07 Å². The molecule has 0 saturated heterocycles. The summed E-state index contributed by atoms with van der Waals surface area (Å²) in [6.07, 6.45) is 1.73. The molecule has 1 aliphatic rings. The van der Waals surface area contributed by atoms with Crippen LogP contribution in [0.3, 0.4) is 0 Å². The maximum Gasteiger partial charge on any atom is 0.285 e. The van der Waals surface area contributed by atoms with Gasteiger partial charge in [-0.05, 0) is 36.4 Å². The molecule has 0 atom stereocenters. The van der Waals surface area contributed by atoms with Crippen molar-refractivity contribution in [3.8, 4) is 0 Å². The van der Waals surface area contributed by atoms with Crippen LogP contribution in [-0.4, -0.2) is 29.9 Å². The molecule has 1 aliphatic heterocycles. The number of hydrogen-bond acceptors (Lipinski definition) is 5. The number of sulfonamides is 1. The Kier molecular flexibility index (Phi) is 4.00. The lowest BCUT2D eigenvalue weighted by atomic mass is 10.1. The summed E-state index contributed by atoms with van der Waals surface area (Å²) in [5, 5.41) is 9.79. The van der Waals surface area contributed by atoms with Gasteiger partial charge in [-0.25, -0.2) is 0 Å². The number of aromatic nitrogens is 2. The number of rotatable bonds is 3. The Morgan fingerprint density at radius 3 is 2.48 bits per heavy atom. The highest BCUT2D eigenvalue weighted by atomic mass is 32.2. The van der Waals surface area contributed by atoms with Gasteiger partial charge in [0, 0.05) is 36.1 Å². The van der Waals surface area contributed by atoms with E-state index in [0.29, 0.717) is 22.6 Å². The van der Waals surface area contributed by atoms with E-state index in [0.717, 1.165) is 0 Å². The fraction of sp³-hybridized carbons (Fsp3) is 0.0556. The zero-order valence-electron chi connectivity index (χ0n) is 14.2. The smallest absolute Gasteiger partial charge is 0.285 e. The molecule has 2 heterocycles. The number of anilines is 2. The Hall–Kier alpha value is -3.46. The number of carbonyl (C=O) groups excluding carboxylic acids is 1. The summed E-state index contributed by atoms with van der Waals surface area (Å²) in [5.41, 5.74) is 1.59. The minimum Gasteiger partial charge on any atom is -0.339 e. The molecule has 0 fully saturated rings. The van der Waals surface area contributed by atoms with Crippen LogP contribution in [0.15, 0.2) is 70.1 Å². The summed E-state index contributed by atoms with van der Waals surface area (Å²) in [6, 6.07) is 15.0. The van der Waals surface area contributed by atoms with Crippen molar-refractivity contribution in [2.24, 2.45) is 11.4 Å².